The van der Waals surface area contributed by atoms with Crippen molar-refractivity contribution in [3.63, 3.8) is 0 Å². The lowest BCUT2D eigenvalue weighted by molar-refractivity contribution is 0.154. The predicted molar refractivity (Wildman–Crippen MR) is 60.5 cm³/mol. The van der Waals surface area contributed by atoms with E-state index in [1.807, 2.05) is 19.1 Å². The Morgan fingerprint density at radius 1 is 1.27 bits per heavy atom. The summed E-state index contributed by atoms with van der Waals surface area (Å²) in [4.78, 5) is 0. The highest BCUT2D eigenvalue weighted by atomic mass is 35.5. The van der Waals surface area contributed by atoms with Crippen molar-refractivity contribution in [1.82, 2.24) is 15.5 Å². The van der Waals surface area contributed by atoms with Gasteiger partial charge in [-0.3, -0.25) is 0 Å². The van der Waals surface area contributed by atoms with Crippen molar-refractivity contribution < 1.29 is 4.74 Å². The molecule has 1 N–H and O–H groups in total. The zero-order valence-electron chi connectivity index (χ0n) is 8.77. The van der Waals surface area contributed by atoms with Gasteiger partial charge in [0.15, 0.2) is 0 Å². The summed E-state index contributed by atoms with van der Waals surface area (Å²) in [5, 5.41) is 11.2. The van der Waals surface area contributed by atoms with Crippen LogP contribution in [0.3, 0.4) is 0 Å². The smallest absolute Gasteiger partial charge is 0.233 e. The van der Waals surface area contributed by atoms with Crippen LogP contribution in [0.5, 0.6) is 5.88 Å². The molecule has 0 radical (unpaired) electrons. The second-order valence-corrected chi connectivity index (χ2v) is 3.58. The van der Waals surface area contributed by atoms with Gasteiger partial charge in [-0.05, 0) is 38.9 Å². The molecule has 84 valence electrons. The zero-order valence-corrected chi connectivity index (χ0v) is 9.59. The second kappa shape index (κ2) is 5.88. The standard InChI is InChI=1S/C10H15N3O.ClH/c1-8-2-3-10(13-12-8)14-9-4-6-11-7-5-9;/h2-3,9,11H,4-7H2,1H3;1H. The summed E-state index contributed by atoms with van der Waals surface area (Å²) in [6.07, 6.45) is 2.40. The minimum Gasteiger partial charge on any atom is -0.473 e. The topological polar surface area (TPSA) is 47.0 Å². The highest BCUT2D eigenvalue weighted by molar-refractivity contribution is 5.85. The number of nitrogens with one attached hydrogen (secondary N) is 1. The van der Waals surface area contributed by atoms with Crippen molar-refractivity contribution in [2.75, 3.05) is 13.1 Å². The summed E-state index contributed by atoms with van der Waals surface area (Å²) in [6, 6.07) is 3.80. The molecule has 5 heteroatoms. The first kappa shape index (κ1) is 12.2. The molecule has 0 amide bonds. The van der Waals surface area contributed by atoms with Gasteiger partial charge in [-0.1, -0.05) is 0 Å². The molecule has 1 aromatic heterocycles. The summed E-state index contributed by atoms with van der Waals surface area (Å²) >= 11 is 0. The molecule has 15 heavy (non-hydrogen) atoms. The van der Waals surface area contributed by atoms with Gasteiger partial charge in [0.2, 0.25) is 5.88 Å². The van der Waals surface area contributed by atoms with Gasteiger partial charge in [0.05, 0.1) is 5.69 Å². The van der Waals surface area contributed by atoms with E-state index in [0.717, 1.165) is 31.6 Å². The van der Waals surface area contributed by atoms with E-state index in [1.165, 1.54) is 0 Å². The lowest BCUT2D eigenvalue weighted by Gasteiger charge is -2.22. The summed E-state index contributed by atoms with van der Waals surface area (Å²) < 4.78 is 5.70. The number of piperidine rings is 1. The fourth-order valence-corrected chi connectivity index (χ4v) is 1.53. The maximum atomic E-state index is 5.70. The van der Waals surface area contributed by atoms with Crippen molar-refractivity contribution in [2.45, 2.75) is 25.9 Å². The number of rotatable bonds is 2. The van der Waals surface area contributed by atoms with Crippen molar-refractivity contribution in [1.29, 1.82) is 0 Å². The summed E-state index contributed by atoms with van der Waals surface area (Å²) in [7, 11) is 0. The minimum atomic E-state index is 0. The number of aromatic nitrogens is 2. The SMILES string of the molecule is Cc1ccc(OC2CCNCC2)nn1.Cl. The Bertz CT molecular complexity index is 285. The third-order valence-electron chi connectivity index (χ3n) is 2.35. The molecular formula is C10H16ClN3O. The number of nitrogens with zero attached hydrogens (tertiary/aromatic N) is 2. The molecule has 0 bridgehead atoms. The Hall–Kier alpha value is -0.870. The molecule has 0 saturated carbocycles. The molecule has 1 fully saturated rings. The van der Waals surface area contributed by atoms with Crippen LogP contribution in [0.25, 0.3) is 0 Å². The van der Waals surface area contributed by atoms with Gasteiger partial charge < -0.3 is 10.1 Å². The van der Waals surface area contributed by atoms with Crippen LogP contribution >= 0.6 is 12.4 Å². The van der Waals surface area contributed by atoms with Crippen LogP contribution in [0, 0.1) is 6.92 Å². The van der Waals surface area contributed by atoms with E-state index >= 15 is 0 Å². The van der Waals surface area contributed by atoms with Crippen molar-refractivity contribution in [2.24, 2.45) is 0 Å². The maximum Gasteiger partial charge on any atom is 0.233 e. The van der Waals surface area contributed by atoms with Gasteiger partial charge in [-0.15, -0.1) is 17.5 Å². The molecule has 1 saturated heterocycles. The summed E-state index contributed by atoms with van der Waals surface area (Å²) in [5.74, 6) is 0.641. The average molecular weight is 230 g/mol. The van der Waals surface area contributed by atoms with Gasteiger partial charge in [0.1, 0.15) is 6.10 Å². The van der Waals surface area contributed by atoms with Crippen molar-refractivity contribution in [3.05, 3.63) is 17.8 Å². The Morgan fingerprint density at radius 3 is 2.60 bits per heavy atom. The largest absolute Gasteiger partial charge is 0.473 e. The molecule has 0 spiro atoms. The predicted octanol–water partition coefficient (Wildman–Crippen LogP) is 1.34. The first-order valence-corrected chi connectivity index (χ1v) is 5.02. The van der Waals surface area contributed by atoms with E-state index in [1.54, 1.807) is 0 Å². The number of aryl methyl sites for hydroxylation is 1. The molecule has 0 atom stereocenters. The molecule has 2 rings (SSSR count). The quantitative estimate of drug-likeness (QED) is 0.832. The highest BCUT2D eigenvalue weighted by Gasteiger charge is 2.14. The van der Waals surface area contributed by atoms with Crippen molar-refractivity contribution in [3.8, 4) is 5.88 Å². The van der Waals surface area contributed by atoms with Crippen LogP contribution < -0.4 is 10.1 Å². The Balaban J connectivity index is 0.00000112. The molecule has 0 aromatic carbocycles. The van der Waals surface area contributed by atoms with Crippen LogP contribution in [0.4, 0.5) is 0 Å². The molecule has 4 nitrogen and oxygen atoms in total. The van der Waals surface area contributed by atoms with E-state index in [0.29, 0.717) is 12.0 Å². The monoisotopic (exact) mass is 229 g/mol. The second-order valence-electron chi connectivity index (χ2n) is 3.58. The molecule has 0 aliphatic carbocycles. The maximum absolute atomic E-state index is 5.70. The molecular weight excluding hydrogens is 214 g/mol. The molecule has 0 unspecified atom stereocenters. The third kappa shape index (κ3) is 3.64. The lowest BCUT2D eigenvalue weighted by atomic mass is 10.1. The third-order valence-corrected chi connectivity index (χ3v) is 2.35. The minimum absolute atomic E-state index is 0. The number of hydrogen-bond donors (Lipinski definition) is 1. The van der Waals surface area contributed by atoms with Crippen LogP contribution in [-0.4, -0.2) is 29.4 Å². The summed E-state index contributed by atoms with van der Waals surface area (Å²) in [5.41, 5.74) is 0.919. The summed E-state index contributed by atoms with van der Waals surface area (Å²) in [6.45, 7) is 3.98. The molecule has 1 aromatic rings. The fourth-order valence-electron chi connectivity index (χ4n) is 1.53. The lowest BCUT2D eigenvalue weighted by Crippen LogP contribution is -2.34. The highest BCUT2D eigenvalue weighted by Crippen LogP contribution is 2.12. The number of hydrogen-bond acceptors (Lipinski definition) is 4. The van der Waals surface area contributed by atoms with E-state index in [2.05, 4.69) is 15.5 Å². The first-order chi connectivity index (χ1) is 6.84. The van der Waals surface area contributed by atoms with Crippen molar-refractivity contribution >= 4 is 12.4 Å². The zero-order chi connectivity index (χ0) is 9.80. The van der Waals surface area contributed by atoms with Crippen LogP contribution in [-0.2, 0) is 0 Å². The Kier molecular flexibility index (Phi) is 4.78. The van der Waals surface area contributed by atoms with Gasteiger partial charge in [0.25, 0.3) is 0 Å². The molecule has 1 aliphatic rings. The van der Waals surface area contributed by atoms with E-state index in [-0.39, 0.29) is 12.4 Å². The average Bonchev–Trinajstić information content (AvgIpc) is 2.23. The Morgan fingerprint density at radius 2 is 2.00 bits per heavy atom. The fraction of sp³-hybridized carbons (Fsp3) is 0.600. The molecule has 2 heterocycles. The normalized spacial score (nSPS) is 16.9. The van der Waals surface area contributed by atoms with E-state index in [9.17, 15) is 0 Å². The van der Waals surface area contributed by atoms with Gasteiger partial charge in [0, 0.05) is 6.07 Å². The Labute approximate surface area is 95.8 Å². The van der Waals surface area contributed by atoms with Gasteiger partial charge in [-0.2, -0.15) is 5.10 Å². The van der Waals surface area contributed by atoms with Crippen LogP contribution in [0.1, 0.15) is 18.5 Å². The first-order valence-electron chi connectivity index (χ1n) is 5.02. The van der Waals surface area contributed by atoms with Crippen LogP contribution in [0.2, 0.25) is 0 Å². The number of halogens is 1. The van der Waals surface area contributed by atoms with E-state index < -0.39 is 0 Å². The van der Waals surface area contributed by atoms with Gasteiger partial charge in [-0.25, -0.2) is 0 Å². The number of ether oxygens (including phenoxy) is 1. The van der Waals surface area contributed by atoms with Crippen LogP contribution in [0.15, 0.2) is 12.1 Å². The molecule has 1 aliphatic heterocycles. The van der Waals surface area contributed by atoms with E-state index in [4.69, 9.17) is 4.74 Å². The van der Waals surface area contributed by atoms with Gasteiger partial charge >= 0.3 is 0 Å².